The van der Waals surface area contributed by atoms with Crippen molar-refractivity contribution in [3.63, 3.8) is 0 Å². The predicted octanol–water partition coefficient (Wildman–Crippen LogP) is 1.17. The van der Waals surface area contributed by atoms with E-state index >= 15 is 0 Å². The largest absolute Gasteiger partial charge is 0.462 e. The summed E-state index contributed by atoms with van der Waals surface area (Å²) in [5, 5.41) is 2.86. The first-order valence-electron chi connectivity index (χ1n) is 10.5. The Morgan fingerprint density at radius 1 is 0.848 bits per heavy atom. The molecule has 0 unspecified atom stereocenters. The first kappa shape index (κ1) is 28.1. The monoisotopic (exact) mass is 466 g/mol. The molecule has 0 aromatic heterocycles. The molecule has 0 aliphatic heterocycles. The molecule has 2 amide bonds. The minimum Gasteiger partial charge on any atom is -0.462 e. The van der Waals surface area contributed by atoms with E-state index in [1.54, 1.807) is 24.3 Å². The van der Waals surface area contributed by atoms with Gasteiger partial charge in [0.05, 0.1) is 13.1 Å². The summed E-state index contributed by atoms with van der Waals surface area (Å²) in [7, 11) is 2.76. The first-order valence-corrected chi connectivity index (χ1v) is 10.5. The summed E-state index contributed by atoms with van der Waals surface area (Å²) in [6, 6.07) is 6.82. The smallest absolute Gasteiger partial charge is 0.332 e. The first-order chi connectivity index (χ1) is 15.6. The van der Waals surface area contributed by atoms with Crippen LogP contribution in [0.3, 0.4) is 0 Å². The third-order valence-corrected chi connectivity index (χ3v) is 4.40. The summed E-state index contributed by atoms with van der Waals surface area (Å²) < 4.78 is 19.5. The molecule has 0 aliphatic rings. The van der Waals surface area contributed by atoms with Gasteiger partial charge in [0.1, 0.15) is 26.4 Å². The predicted molar refractivity (Wildman–Crippen MR) is 119 cm³/mol. The van der Waals surface area contributed by atoms with Gasteiger partial charge in [0.15, 0.2) is 0 Å². The quantitative estimate of drug-likeness (QED) is 0.430. The fourth-order valence-corrected chi connectivity index (χ4v) is 2.57. The topological polar surface area (TPSA) is 120 Å². The van der Waals surface area contributed by atoms with Crippen molar-refractivity contribution in [3.05, 3.63) is 35.4 Å². The normalized spacial score (nSPS) is 10.9. The molecular weight excluding hydrogens is 432 g/mol. The summed E-state index contributed by atoms with van der Waals surface area (Å²) >= 11 is 0. The highest BCUT2D eigenvalue weighted by Gasteiger charge is 2.21. The number of benzene rings is 1. The van der Waals surface area contributed by atoms with Crippen molar-refractivity contribution < 1.29 is 38.1 Å². The van der Waals surface area contributed by atoms with Gasteiger partial charge in [0.25, 0.3) is 5.91 Å². The molecule has 33 heavy (non-hydrogen) atoms. The van der Waals surface area contributed by atoms with E-state index < -0.39 is 17.4 Å². The maximum atomic E-state index is 13.0. The van der Waals surface area contributed by atoms with Gasteiger partial charge in [0, 0.05) is 31.7 Å². The number of carbonyl (C=O) groups is 4. The van der Waals surface area contributed by atoms with Gasteiger partial charge < -0.3 is 29.2 Å². The molecule has 1 aromatic rings. The van der Waals surface area contributed by atoms with Gasteiger partial charge in [-0.1, -0.05) is 32.9 Å². The maximum Gasteiger partial charge on any atom is 0.332 e. The Balaban J connectivity index is 2.75. The summed E-state index contributed by atoms with van der Waals surface area (Å²) in [6.07, 6.45) is 0. The third kappa shape index (κ3) is 10.9. The van der Waals surface area contributed by atoms with Gasteiger partial charge in [-0.05, 0) is 17.7 Å². The standard InChI is InChI=1S/C23H34N2O8/c1-23(2,3)22(29)24-14-17-6-8-18(9-7-17)21(28)25(10-12-32-19(26)15-30-4)11-13-33-20(27)16-31-5/h6-9H,10-16H2,1-5H3,(H,24,29). The number of nitrogens with one attached hydrogen (secondary N) is 1. The van der Waals surface area contributed by atoms with Crippen LogP contribution in [0.4, 0.5) is 0 Å². The van der Waals surface area contributed by atoms with Gasteiger partial charge in [-0.25, -0.2) is 9.59 Å². The summed E-state index contributed by atoms with van der Waals surface area (Å²) in [6.45, 7) is 5.63. The summed E-state index contributed by atoms with van der Waals surface area (Å²) in [5.41, 5.74) is 0.764. The van der Waals surface area contributed by atoms with Crippen LogP contribution in [0.25, 0.3) is 0 Å². The zero-order valence-electron chi connectivity index (χ0n) is 20.0. The van der Waals surface area contributed by atoms with E-state index in [0.29, 0.717) is 12.1 Å². The minimum atomic E-state index is -0.543. The van der Waals surface area contributed by atoms with Crippen LogP contribution in [0, 0.1) is 5.41 Å². The number of rotatable bonds is 13. The third-order valence-electron chi connectivity index (χ3n) is 4.40. The van der Waals surface area contributed by atoms with Gasteiger partial charge in [-0.2, -0.15) is 0 Å². The lowest BCUT2D eigenvalue weighted by atomic mass is 9.95. The summed E-state index contributed by atoms with van der Waals surface area (Å²) in [4.78, 5) is 49.4. The van der Waals surface area contributed by atoms with Gasteiger partial charge in [0.2, 0.25) is 5.91 Å². The van der Waals surface area contributed by atoms with Crippen molar-refractivity contribution in [2.24, 2.45) is 5.41 Å². The van der Waals surface area contributed by atoms with Gasteiger partial charge >= 0.3 is 11.9 Å². The molecule has 10 heteroatoms. The Bertz CT molecular complexity index is 763. The molecule has 0 fully saturated rings. The number of hydrogen-bond donors (Lipinski definition) is 1. The highest BCUT2D eigenvalue weighted by Crippen LogP contribution is 2.13. The van der Waals surface area contributed by atoms with Crippen LogP contribution in [0.1, 0.15) is 36.7 Å². The number of esters is 2. The molecule has 0 spiro atoms. The lowest BCUT2D eigenvalue weighted by Crippen LogP contribution is -2.37. The second-order valence-electron chi connectivity index (χ2n) is 8.23. The molecule has 0 saturated carbocycles. The van der Waals surface area contributed by atoms with E-state index in [1.165, 1.54) is 19.1 Å². The molecule has 1 aromatic carbocycles. The van der Waals surface area contributed by atoms with E-state index in [9.17, 15) is 19.2 Å². The molecule has 0 bridgehead atoms. The highest BCUT2D eigenvalue weighted by atomic mass is 16.6. The van der Waals surface area contributed by atoms with Crippen LogP contribution in [0.15, 0.2) is 24.3 Å². The molecule has 10 nitrogen and oxygen atoms in total. The second kappa shape index (κ2) is 14.2. The number of methoxy groups -OCH3 is 2. The zero-order chi connectivity index (χ0) is 24.9. The number of hydrogen-bond acceptors (Lipinski definition) is 8. The van der Waals surface area contributed by atoms with Crippen LogP contribution < -0.4 is 5.32 Å². The second-order valence-corrected chi connectivity index (χ2v) is 8.23. The number of carbonyl (C=O) groups excluding carboxylic acids is 4. The Kier molecular flexibility index (Phi) is 12.1. The molecule has 0 heterocycles. The Hall–Kier alpha value is -2.98. The fraction of sp³-hybridized carbons (Fsp3) is 0.565. The molecule has 1 rings (SSSR count). The van der Waals surface area contributed by atoms with Crippen molar-refractivity contribution in [2.75, 3.05) is 53.7 Å². The fourth-order valence-electron chi connectivity index (χ4n) is 2.57. The molecule has 0 aliphatic carbocycles. The van der Waals surface area contributed by atoms with E-state index in [4.69, 9.17) is 18.9 Å². The minimum absolute atomic E-state index is 0.0309. The highest BCUT2D eigenvalue weighted by molar-refractivity contribution is 5.94. The summed E-state index contributed by atoms with van der Waals surface area (Å²) in [5.74, 6) is -1.47. The van der Waals surface area contributed by atoms with Crippen LogP contribution in [0.5, 0.6) is 0 Å². The van der Waals surface area contributed by atoms with Crippen LogP contribution in [0.2, 0.25) is 0 Å². The van der Waals surface area contributed by atoms with Crippen LogP contribution in [-0.4, -0.2) is 82.4 Å². The molecular formula is C23H34N2O8. The van der Waals surface area contributed by atoms with Crippen LogP contribution in [-0.2, 0) is 39.9 Å². The molecule has 1 N–H and O–H groups in total. The van der Waals surface area contributed by atoms with E-state index in [1.807, 2.05) is 20.8 Å². The van der Waals surface area contributed by atoms with E-state index in [0.717, 1.165) is 5.56 Å². The lowest BCUT2D eigenvalue weighted by Gasteiger charge is -2.23. The zero-order valence-corrected chi connectivity index (χ0v) is 20.0. The van der Waals surface area contributed by atoms with Crippen molar-refractivity contribution in [1.29, 1.82) is 0 Å². The molecule has 0 radical (unpaired) electrons. The van der Waals surface area contributed by atoms with E-state index in [-0.39, 0.29) is 51.3 Å². The van der Waals surface area contributed by atoms with Crippen molar-refractivity contribution in [1.82, 2.24) is 10.2 Å². The van der Waals surface area contributed by atoms with Gasteiger partial charge in [-0.3, -0.25) is 9.59 Å². The Labute approximate surface area is 194 Å². The number of nitrogens with zero attached hydrogens (tertiary/aromatic N) is 1. The molecule has 0 atom stereocenters. The van der Waals surface area contributed by atoms with Crippen molar-refractivity contribution in [3.8, 4) is 0 Å². The Morgan fingerprint density at radius 3 is 1.76 bits per heavy atom. The average Bonchev–Trinajstić information content (AvgIpc) is 2.76. The lowest BCUT2D eigenvalue weighted by molar-refractivity contribution is -0.148. The van der Waals surface area contributed by atoms with Crippen molar-refractivity contribution in [2.45, 2.75) is 27.3 Å². The van der Waals surface area contributed by atoms with Crippen LogP contribution >= 0.6 is 0 Å². The SMILES string of the molecule is COCC(=O)OCCN(CCOC(=O)COC)C(=O)c1ccc(CNC(=O)C(C)(C)C)cc1. The number of ether oxygens (including phenoxy) is 4. The van der Waals surface area contributed by atoms with Gasteiger partial charge in [-0.15, -0.1) is 0 Å². The molecule has 0 saturated heterocycles. The maximum absolute atomic E-state index is 13.0. The number of amides is 2. The van der Waals surface area contributed by atoms with Crippen molar-refractivity contribution >= 4 is 23.8 Å². The van der Waals surface area contributed by atoms with E-state index in [2.05, 4.69) is 5.32 Å². The molecule has 184 valence electrons. The average molecular weight is 467 g/mol. The Morgan fingerprint density at radius 2 is 1.33 bits per heavy atom.